The largest absolute Gasteiger partial charge is 0.417 e. The lowest BCUT2D eigenvalue weighted by molar-refractivity contribution is -0.136. The van der Waals surface area contributed by atoms with E-state index in [9.17, 15) is 18.0 Å². The van der Waals surface area contributed by atoms with Crippen LogP contribution in [0, 0.1) is 0 Å². The van der Waals surface area contributed by atoms with Gasteiger partial charge in [-0.05, 0) is 18.6 Å². The molecule has 0 unspecified atom stereocenters. The van der Waals surface area contributed by atoms with E-state index < -0.39 is 17.3 Å². The normalized spacial score (nSPS) is 12.2. The monoisotopic (exact) mass is 275 g/mol. The zero-order chi connectivity index (χ0) is 13.3. The molecule has 2 aromatic rings. The summed E-state index contributed by atoms with van der Waals surface area (Å²) in [7, 11) is 0. The molecule has 0 amide bonds. The van der Waals surface area contributed by atoms with Crippen molar-refractivity contribution >= 4 is 21.6 Å². The minimum Gasteiger partial charge on any atom is -0.268 e. The van der Waals surface area contributed by atoms with Crippen LogP contribution in [0.1, 0.15) is 25.3 Å². The molecule has 0 saturated carbocycles. The lowest BCUT2D eigenvalue weighted by Gasteiger charge is -2.06. The summed E-state index contributed by atoms with van der Waals surface area (Å²) < 4.78 is 40.2. The molecule has 2 rings (SSSR count). The number of aromatic nitrogens is 1. The van der Waals surface area contributed by atoms with E-state index in [1.165, 1.54) is 10.0 Å². The van der Waals surface area contributed by atoms with Crippen LogP contribution in [0.4, 0.5) is 13.2 Å². The molecular weight excluding hydrogens is 263 g/mol. The van der Waals surface area contributed by atoms with E-state index in [0.717, 1.165) is 30.4 Å². The molecule has 0 bridgehead atoms. The third-order valence-electron chi connectivity index (χ3n) is 2.70. The van der Waals surface area contributed by atoms with E-state index >= 15 is 0 Å². The van der Waals surface area contributed by atoms with Gasteiger partial charge in [0.05, 0.1) is 15.6 Å². The van der Waals surface area contributed by atoms with Gasteiger partial charge in [0.25, 0.3) is 5.56 Å². The number of aryl methyl sites for hydroxylation is 1. The molecule has 1 heterocycles. The Morgan fingerprint density at radius 2 is 2.06 bits per heavy atom. The fourth-order valence-electron chi connectivity index (χ4n) is 1.80. The Morgan fingerprint density at radius 1 is 1.33 bits per heavy atom. The Bertz CT molecular complexity index is 612. The number of fused-ring (bicyclic) bond motifs is 1. The Kier molecular flexibility index (Phi) is 3.47. The van der Waals surface area contributed by atoms with Gasteiger partial charge in [-0.15, -0.1) is 0 Å². The van der Waals surface area contributed by atoms with Crippen LogP contribution in [-0.2, 0) is 12.7 Å². The quantitative estimate of drug-likeness (QED) is 0.833. The predicted octanol–water partition coefficient (Wildman–Crippen LogP) is 3.88. The highest BCUT2D eigenvalue weighted by Crippen LogP contribution is 2.34. The predicted molar refractivity (Wildman–Crippen MR) is 66.0 cm³/mol. The molecule has 6 heteroatoms. The van der Waals surface area contributed by atoms with Gasteiger partial charge in [-0.2, -0.15) is 13.2 Å². The summed E-state index contributed by atoms with van der Waals surface area (Å²) in [6, 6.07) is 3.85. The number of hydrogen-bond acceptors (Lipinski definition) is 2. The van der Waals surface area contributed by atoms with Crippen molar-refractivity contribution in [1.82, 2.24) is 3.96 Å². The van der Waals surface area contributed by atoms with Gasteiger partial charge in [-0.25, -0.2) is 0 Å². The van der Waals surface area contributed by atoms with E-state index in [1.54, 1.807) is 6.07 Å². The van der Waals surface area contributed by atoms with Crippen molar-refractivity contribution in [2.75, 3.05) is 0 Å². The van der Waals surface area contributed by atoms with Gasteiger partial charge < -0.3 is 0 Å². The number of rotatable bonds is 3. The van der Waals surface area contributed by atoms with E-state index in [-0.39, 0.29) is 5.39 Å². The van der Waals surface area contributed by atoms with E-state index in [0.29, 0.717) is 11.2 Å². The molecule has 0 aliphatic carbocycles. The summed E-state index contributed by atoms with van der Waals surface area (Å²) in [4.78, 5) is 12.0. The minimum absolute atomic E-state index is 0.203. The number of hydrogen-bond donors (Lipinski definition) is 0. The maximum atomic E-state index is 12.8. The van der Waals surface area contributed by atoms with E-state index in [4.69, 9.17) is 0 Å². The second-order valence-corrected chi connectivity index (χ2v) is 5.09. The highest BCUT2D eigenvalue weighted by molar-refractivity contribution is 7.13. The van der Waals surface area contributed by atoms with Crippen LogP contribution in [0.3, 0.4) is 0 Å². The Hall–Kier alpha value is -1.30. The first-order chi connectivity index (χ1) is 8.45. The molecule has 0 aliphatic heterocycles. The molecule has 0 spiro atoms. The second-order valence-electron chi connectivity index (χ2n) is 4.03. The topological polar surface area (TPSA) is 22.0 Å². The molecule has 0 aliphatic rings. The van der Waals surface area contributed by atoms with Gasteiger partial charge in [0.2, 0.25) is 0 Å². The van der Waals surface area contributed by atoms with Gasteiger partial charge in [0.1, 0.15) is 0 Å². The SMILES string of the molecule is CCCCn1sc2cccc(C(F)(F)F)c2c1=O. The lowest BCUT2D eigenvalue weighted by Crippen LogP contribution is -2.16. The van der Waals surface area contributed by atoms with Gasteiger partial charge in [0, 0.05) is 6.54 Å². The van der Waals surface area contributed by atoms with Crippen LogP contribution in [0.5, 0.6) is 0 Å². The maximum absolute atomic E-state index is 12.8. The van der Waals surface area contributed by atoms with Crippen LogP contribution in [0.15, 0.2) is 23.0 Å². The number of nitrogens with zero attached hydrogens (tertiary/aromatic N) is 1. The third kappa shape index (κ3) is 2.29. The van der Waals surface area contributed by atoms with Crippen molar-refractivity contribution in [2.45, 2.75) is 32.5 Å². The summed E-state index contributed by atoms with van der Waals surface area (Å²) >= 11 is 1.10. The Labute approximate surface area is 106 Å². The van der Waals surface area contributed by atoms with Crippen LogP contribution < -0.4 is 5.56 Å². The van der Waals surface area contributed by atoms with Gasteiger partial charge in [-0.1, -0.05) is 30.9 Å². The van der Waals surface area contributed by atoms with Crippen molar-refractivity contribution in [3.8, 4) is 0 Å². The highest BCUT2D eigenvalue weighted by atomic mass is 32.1. The van der Waals surface area contributed by atoms with Crippen molar-refractivity contribution in [1.29, 1.82) is 0 Å². The molecule has 98 valence electrons. The van der Waals surface area contributed by atoms with Gasteiger partial charge >= 0.3 is 6.18 Å². The standard InChI is InChI=1S/C12H12F3NOS/c1-2-3-7-16-11(17)10-8(12(13,14)15)5-4-6-9(10)18-16/h4-6H,2-3,7H2,1H3. The van der Waals surface area contributed by atoms with Gasteiger partial charge in [0.15, 0.2) is 0 Å². The lowest BCUT2D eigenvalue weighted by atomic mass is 10.1. The number of unbranched alkanes of at least 4 members (excludes halogenated alkanes) is 1. The van der Waals surface area contributed by atoms with Crippen LogP contribution >= 0.6 is 11.5 Å². The Balaban J connectivity index is 2.63. The fraction of sp³-hybridized carbons (Fsp3) is 0.417. The third-order valence-corrected chi connectivity index (χ3v) is 3.80. The summed E-state index contributed by atoms with van der Waals surface area (Å²) in [6.07, 6.45) is -2.80. The molecule has 0 N–H and O–H groups in total. The molecule has 0 radical (unpaired) electrons. The van der Waals surface area contributed by atoms with Crippen LogP contribution in [0.25, 0.3) is 10.1 Å². The molecular formula is C12H12F3NOS. The second kappa shape index (κ2) is 4.76. The maximum Gasteiger partial charge on any atom is 0.417 e. The first-order valence-electron chi connectivity index (χ1n) is 5.65. The smallest absolute Gasteiger partial charge is 0.268 e. The summed E-state index contributed by atoms with van der Waals surface area (Å²) in [5.41, 5.74) is -1.37. The molecule has 18 heavy (non-hydrogen) atoms. The molecule has 0 fully saturated rings. The van der Waals surface area contributed by atoms with Crippen LogP contribution in [0.2, 0.25) is 0 Å². The van der Waals surface area contributed by atoms with E-state index in [2.05, 4.69) is 0 Å². The van der Waals surface area contributed by atoms with Gasteiger partial charge in [-0.3, -0.25) is 8.75 Å². The number of halogens is 3. The minimum atomic E-state index is -4.48. The number of benzene rings is 1. The molecule has 0 atom stereocenters. The first kappa shape index (κ1) is 13.1. The molecule has 0 saturated heterocycles. The molecule has 1 aromatic heterocycles. The van der Waals surface area contributed by atoms with Crippen molar-refractivity contribution in [2.24, 2.45) is 0 Å². The van der Waals surface area contributed by atoms with Crippen molar-refractivity contribution in [3.05, 3.63) is 34.1 Å². The molecule has 1 aromatic carbocycles. The summed E-state index contributed by atoms with van der Waals surface area (Å²) in [6.45, 7) is 2.45. The zero-order valence-electron chi connectivity index (χ0n) is 9.75. The number of alkyl halides is 3. The summed E-state index contributed by atoms with van der Waals surface area (Å²) in [5.74, 6) is 0. The zero-order valence-corrected chi connectivity index (χ0v) is 10.6. The first-order valence-corrected chi connectivity index (χ1v) is 6.42. The van der Waals surface area contributed by atoms with Crippen LogP contribution in [-0.4, -0.2) is 3.96 Å². The Morgan fingerprint density at radius 3 is 2.67 bits per heavy atom. The van der Waals surface area contributed by atoms with Crippen molar-refractivity contribution in [3.63, 3.8) is 0 Å². The average molecular weight is 275 g/mol. The molecule has 2 nitrogen and oxygen atoms in total. The highest BCUT2D eigenvalue weighted by Gasteiger charge is 2.34. The summed E-state index contributed by atoms with van der Waals surface area (Å²) in [5, 5.41) is -0.203. The van der Waals surface area contributed by atoms with E-state index in [1.807, 2.05) is 6.92 Å². The van der Waals surface area contributed by atoms with Crippen molar-refractivity contribution < 1.29 is 13.2 Å². The average Bonchev–Trinajstić information content (AvgIpc) is 2.62. The fourth-order valence-corrected chi connectivity index (χ4v) is 2.86.